The van der Waals surface area contributed by atoms with Crippen molar-refractivity contribution >= 4 is 33.7 Å². The Kier molecular flexibility index (Phi) is 3.38. The van der Waals surface area contributed by atoms with Gasteiger partial charge in [0.05, 0.1) is 6.42 Å². The number of aromatic nitrogens is 2. The fourth-order valence-corrected chi connectivity index (χ4v) is 3.26. The SMILES string of the molecule is O=C(Cc1cccs1)Nc1nnc(CC2CC2)s1. The van der Waals surface area contributed by atoms with E-state index in [4.69, 9.17) is 0 Å². The van der Waals surface area contributed by atoms with Gasteiger partial charge in [0.1, 0.15) is 5.01 Å². The Bertz CT molecular complexity index is 531. The summed E-state index contributed by atoms with van der Waals surface area (Å²) in [5.41, 5.74) is 0. The zero-order chi connectivity index (χ0) is 12.4. The molecule has 1 saturated carbocycles. The number of hydrogen-bond acceptors (Lipinski definition) is 5. The summed E-state index contributed by atoms with van der Waals surface area (Å²) in [6.07, 6.45) is 4.03. The minimum absolute atomic E-state index is 0.0217. The molecular formula is C12H13N3OS2. The molecule has 18 heavy (non-hydrogen) atoms. The third kappa shape index (κ3) is 3.14. The number of nitrogens with one attached hydrogen (secondary N) is 1. The number of carbonyl (C=O) groups excluding carboxylic acids is 1. The lowest BCUT2D eigenvalue weighted by molar-refractivity contribution is -0.115. The van der Waals surface area contributed by atoms with Crippen molar-refractivity contribution in [3.05, 3.63) is 27.4 Å². The van der Waals surface area contributed by atoms with Crippen molar-refractivity contribution < 1.29 is 4.79 Å². The Morgan fingerprint density at radius 2 is 2.33 bits per heavy atom. The summed E-state index contributed by atoms with van der Waals surface area (Å²) in [5, 5.41) is 14.5. The second kappa shape index (κ2) is 5.16. The number of rotatable bonds is 5. The molecule has 1 fully saturated rings. The molecule has 1 aliphatic carbocycles. The van der Waals surface area contributed by atoms with Gasteiger partial charge in [0.2, 0.25) is 11.0 Å². The van der Waals surface area contributed by atoms with Crippen LogP contribution in [0.25, 0.3) is 0 Å². The first-order chi connectivity index (χ1) is 8.79. The number of carbonyl (C=O) groups is 1. The van der Waals surface area contributed by atoms with Gasteiger partial charge in [-0.25, -0.2) is 0 Å². The molecule has 0 saturated heterocycles. The number of thiophene rings is 1. The fourth-order valence-electron chi connectivity index (χ4n) is 1.69. The Balaban J connectivity index is 1.54. The van der Waals surface area contributed by atoms with Crippen molar-refractivity contribution in [1.82, 2.24) is 10.2 Å². The normalized spacial score (nSPS) is 14.7. The Morgan fingerprint density at radius 3 is 3.06 bits per heavy atom. The van der Waals surface area contributed by atoms with Crippen molar-refractivity contribution in [3.8, 4) is 0 Å². The van der Waals surface area contributed by atoms with Gasteiger partial charge in [-0.15, -0.1) is 21.5 Å². The predicted octanol–water partition coefficient (Wildman–Crippen LogP) is 2.73. The van der Waals surface area contributed by atoms with Gasteiger partial charge in [-0.05, 0) is 30.2 Å². The van der Waals surface area contributed by atoms with E-state index in [2.05, 4.69) is 15.5 Å². The van der Waals surface area contributed by atoms with E-state index in [1.54, 1.807) is 11.3 Å². The van der Waals surface area contributed by atoms with Crippen molar-refractivity contribution in [2.75, 3.05) is 5.32 Å². The molecule has 0 radical (unpaired) electrons. The number of hydrogen-bond donors (Lipinski definition) is 1. The van der Waals surface area contributed by atoms with Crippen molar-refractivity contribution in [3.63, 3.8) is 0 Å². The van der Waals surface area contributed by atoms with Crippen LogP contribution < -0.4 is 5.32 Å². The van der Waals surface area contributed by atoms with Crippen LogP contribution in [0.3, 0.4) is 0 Å². The minimum Gasteiger partial charge on any atom is -0.300 e. The fraction of sp³-hybridized carbons (Fsp3) is 0.417. The van der Waals surface area contributed by atoms with Gasteiger partial charge in [-0.3, -0.25) is 4.79 Å². The summed E-state index contributed by atoms with van der Waals surface area (Å²) in [6.45, 7) is 0. The van der Waals surface area contributed by atoms with Crippen LogP contribution in [0.15, 0.2) is 17.5 Å². The summed E-state index contributed by atoms with van der Waals surface area (Å²) < 4.78 is 0. The molecule has 3 rings (SSSR count). The van der Waals surface area contributed by atoms with Gasteiger partial charge in [0.25, 0.3) is 0 Å². The van der Waals surface area contributed by atoms with Crippen LogP contribution in [0.4, 0.5) is 5.13 Å². The predicted molar refractivity (Wildman–Crippen MR) is 73.0 cm³/mol. The van der Waals surface area contributed by atoms with E-state index in [1.165, 1.54) is 24.2 Å². The van der Waals surface area contributed by atoms with Gasteiger partial charge in [-0.2, -0.15) is 0 Å². The number of anilines is 1. The summed E-state index contributed by atoms with van der Waals surface area (Å²) in [7, 11) is 0. The summed E-state index contributed by atoms with van der Waals surface area (Å²) in [6, 6.07) is 3.91. The maximum Gasteiger partial charge on any atom is 0.231 e. The first-order valence-corrected chi connectivity index (χ1v) is 7.64. The average molecular weight is 279 g/mol. The zero-order valence-corrected chi connectivity index (χ0v) is 11.4. The molecule has 0 aromatic carbocycles. The molecule has 94 valence electrons. The van der Waals surface area contributed by atoms with E-state index >= 15 is 0 Å². The molecule has 0 unspecified atom stereocenters. The standard InChI is InChI=1S/C12H13N3OS2/c16-10(7-9-2-1-5-17-9)13-12-15-14-11(18-12)6-8-3-4-8/h1-2,5,8H,3-4,6-7H2,(H,13,15,16). The second-order valence-electron chi connectivity index (χ2n) is 4.45. The highest BCUT2D eigenvalue weighted by molar-refractivity contribution is 7.15. The average Bonchev–Trinajstić information content (AvgIpc) is 2.82. The maximum atomic E-state index is 11.8. The van der Waals surface area contributed by atoms with E-state index in [0.29, 0.717) is 11.6 Å². The molecule has 6 heteroatoms. The van der Waals surface area contributed by atoms with Crippen LogP contribution >= 0.6 is 22.7 Å². The zero-order valence-electron chi connectivity index (χ0n) is 9.76. The lowest BCUT2D eigenvalue weighted by Crippen LogP contribution is -2.13. The summed E-state index contributed by atoms with van der Waals surface area (Å²) in [5.74, 6) is 0.777. The Morgan fingerprint density at radius 1 is 1.44 bits per heavy atom. The quantitative estimate of drug-likeness (QED) is 0.915. The Hall–Kier alpha value is -1.27. The van der Waals surface area contributed by atoms with E-state index in [1.807, 2.05) is 17.5 Å². The monoisotopic (exact) mass is 279 g/mol. The van der Waals surface area contributed by atoms with Crippen LogP contribution in [0.5, 0.6) is 0 Å². The van der Waals surface area contributed by atoms with Crippen molar-refractivity contribution in [1.29, 1.82) is 0 Å². The van der Waals surface area contributed by atoms with Crippen LogP contribution in [0, 0.1) is 5.92 Å². The van der Waals surface area contributed by atoms with E-state index in [0.717, 1.165) is 22.2 Å². The van der Waals surface area contributed by atoms with E-state index < -0.39 is 0 Å². The van der Waals surface area contributed by atoms with Crippen LogP contribution in [0.2, 0.25) is 0 Å². The maximum absolute atomic E-state index is 11.8. The number of amides is 1. The van der Waals surface area contributed by atoms with Gasteiger partial charge in [0, 0.05) is 11.3 Å². The molecule has 0 bridgehead atoms. The molecule has 0 aliphatic heterocycles. The highest BCUT2D eigenvalue weighted by Crippen LogP contribution is 2.33. The molecule has 2 aromatic heterocycles. The molecular weight excluding hydrogens is 266 g/mol. The molecule has 1 aliphatic rings. The van der Waals surface area contributed by atoms with E-state index in [-0.39, 0.29) is 5.91 Å². The van der Waals surface area contributed by atoms with Gasteiger partial charge in [-0.1, -0.05) is 17.4 Å². The van der Waals surface area contributed by atoms with Crippen molar-refractivity contribution in [2.24, 2.45) is 5.92 Å². The van der Waals surface area contributed by atoms with Gasteiger partial charge < -0.3 is 5.32 Å². The highest BCUT2D eigenvalue weighted by atomic mass is 32.1. The molecule has 1 amide bonds. The first kappa shape index (κ1) is 11.8. The second-order valence-corrected chi connectivity index (χ2v) is 6.55. The van der Waals surface area contributed by atoms with E-state index in [9.17, 15) is 4.79 Å². The largest absolute Gasteiger partial charge is 0.300 e. The lowest BCUT2D eigenvalue weighted by Gasteiger charge is -1.98. The summed E-state index contributed by atoms with van der Waals surface area (Å²) >= 11 is 3.08. The Labute approximate surface area is 113 Å². The van der Waals surface area contributed by atoms with Gasteiger partial charge in [0.15, 0.2) is 0 Å². The molecule has 0 spiro atoms. The molecule has 2 heterocycles. The smallest absolute Gasteiger partial charge is 0.231 e. The number of nitrogens with zero attached hydrogens (tertiary/aromatic N) is 2. The molecule has 0 atom stereocenters. The third-order valence-electron chi connectivity index (χ3n) is 2.79. The van der Waals surface area contributed by atoms with Crippen molar-refractivity contribution in [2.45, 2.75) is 25.7 Å². The molecule has 4 nitrogen and oxygen atoms in total. The highest BCUT2D eigenvalue weighted by Gasteiger charge is 2.23. The first-order valence-electron chi connectivity index (χ1n) is 5.94. The minimum atomic E-state index is -0.0217. The topological polar surface area (TPSA) is 54.9 Å². The van der Waals surface area contributed by atoms with Gasteiger partial charge >= 0.3 is 0 Å². The molecule has 1 N–H and O–H groups in total. The molecule has 2 aromatic rings. The van der Waals surface area contributed by atoms with Crippen LogP contribution in [-0.2, 0) is 17.6 Å². The lowest BCUT2D eigenvalue weighted by atomic mass is 10.3. The summed E-state index contributed by atoms with van der Waals surface area (Å²) in [4.78, 5) is 12.8. The van der Waals surface area contributed by atoms with Crippen LogP contribution in [-0.4, -0.2) is 16.1 Å². The third-order valence-corrected chi connectivity index (χ3v) is 4.53. The van der Waals surface area contributed by atoms with Crippen LogP contribution in [0.1, 0.15) is 22.7 Å².